The standard InChI is InChI=1S/C15H23N/c1-13-6-8-14(9-7-13)10-11-15-5-3-2-4-12-16-15/h6-9,15-16H,2-5,10-12H2,1H3. The van der Waals surface area contributed by atoms with Crippen molar-refractivity contribution in [1.29, 1.82) is 0 Å². The molecule has 1 aromatic carbocycles. The van der Waals surface area contributed by atoms with E-state index in [0.717, 1.165) is 6.04 Å². The zero-order valence-electron chi connectivity index (χ0n) is 10.3. The number of benzene rings is 1. The van der Waals surface area contributed by atoms with Gasteiger partial charge < -0.3 is 5.32 Å². The van der Waals surface area contributed by atoms with Gasteiger partial charge in [-0.3, -0.25) is 0 Å². The van der Waals surface area contributed by atoms with Gasteiger partial charge in [-0.25, -0.2) is 0 Å². The Morgan fingerprint density at radius 1 is 1.12 bits per heavy atom. The first-order valence-electron chi connectivity index (χ1n) is 6.63. The van der Waals surface area contributed by atoms with Crippen LogP contribution in [0.4, 0.5) is 0 Å². The minimum Gasteiger partial charge on any atom is -0.314 e. The van der Waals surface area contributed by atoms with Crippen LogP contribution in [0.1, 0.15) is 43.2 Å². The van der Waals surface area contributed by atoms with Crippen LogP contribution in [0.25, 0.3) is 0 Å². The summed E-state index contributed by atoms with van der Waals surface area (Å²) >= 11 is 0. The maximum absolute atomic E-state index is 3.66. The van der Waals surface area contributed by atoms with Gasteiger partial charge in [0, 0.05) is 6.04 Å². The first-order chi connectivity index (χ1) is 7.84. The summed E-state index contributed by atoms with van der Waals surface area (Å²) in [6.07, 6.45) is 8.06. The normalized spacial score (nSPS) is 21.7. The Balaban J connectivity index is 1.79. The van der Waals surface area contributed by atoms with E-state index in [0.29, 0.717) is 0 Å². The molecule has 0 amide bonds. The predicted molar refractivity (Wildman–Crippen MR) is 69.8 cm³/mol. The van der Waals surface area contributed by atoms with Crippen LogP contribution >= 0.6 is 0 Å². The monoisotopic (exact) mass is 217 g/mol. The van der Waals surface area contributed by atoms with Crippen LogP contribution in [0.5, 0.6) is 0 Å². The molecule has 1 saturated heterocycles. The summed E-state index contributed by atoms with van der Waals surface area (Å²) in [6, 6.07) is 9.73. The van der Waals surface area contributed by atoms with Crippen molar-refractivity contribution in [2.45, 2.75) is 51.5 Å². The fourth-order valence-corrected chi connectivity index (χ4v) is 2.44. The number of hydrogen-bond donors (Lipinski definition) is 1. The molecule has 1 aliphatic heterocycles. The smallest absolute Gasteiger partial charge is 0.00702 e. The Hall–Kier alpha value is -0.820. The molecule has 1 unspecified atom stereocenters. The van der Waals surface area contributed by atoms with Gasteiger partial charge in [0.25, 0.3) is 0 Å². The van der Waals surface area contributed by atoms with Gasteiger partial charge >= 0.3 is 0 Å². The number of hydrogen-bond acceptors (Lipinski definition) is 1. The molecule has 88 valence electrons. The summed E-state index contributed by atoms with van der Waals surface area (Å²) in [7, 11) is 0. The SMILES string of the molecule is Cc1ccc(CCC2CCCCCN2)cc1. The zero-order chi connectivity index (χ0) is 11.2. The summed E-state index contributed by atoms with van der Waals surface area (Å²) < 4.78 is 0. The van der Waals surface area contributed by atoms with E-state index < -0.39 is 0 Å². The average molecular weight is 217 g/mol. The Kier molecular flexibility index (Phi) is 4.41. The molecule has 0 spiro atoms. The molecular weight excluding hydrogens is 194 g/mol. The van der Waals surface area contributed by atoms with Crippen molar-refractivity contribution in [2.75, 3.05) is 6.54 Å². The van der Waals surface area contributed by atoms with Gasteiger partial charge in [-0.05, 0) is 44.7 Å². The van der Waals surface area contributed by atoms with E-state index in [-0.39, 0.29) is 0 Å². The van der Waals surface area contributed by atoms with Gasteiger partial charge in [-0.2, -0.15) is 0 Å². The van der Waals surface area contributed by atoms with E-state index in [2.05, 4.69) is 36.5 Å². The van der Waals surface area contributed by atoms with Crippen molar-refractivity contribution < 1.29 is 0 Å². The molecule has 0 aromatic heterocycles. The van der Waals surface area contributed by atoms with Crippen LogP contribution < -0.4 is 5.32 Å². The lowest BCUT2D eigenvalue weighted by atomic mass is 10.0. The third-order valence-electron chi connectivity index (χ3n) is 3.56. The van der Waals surface area contributed by atoms with Crippen LogP contribution in [0.3, 0.4) is 0 Å². The molecule has 1 heteroatoms. The van der Waals surface area contributed by atoms with E-state index in [9.17, 15) is 0 Å². The highest BCUT2D eigenvalue weighted by Crippen LogP contribution is 2.14. The number of nitrogens with one attached hydrogen (secondary N) is 1. The summed E-state index contributed by atoms with van der Waals surface area (Å²) in [4.78, 5) is 0. The van der Waals surface area contributed by atoms with Crippen LogP contribution in [0.2, 0.25) is 0 Å². The summed E-state index contributed by atoms with van der Waals surface area (Å²) in [5.74, 6) is 0. The van der Waals surface area contributed by atoms with Crippen molar-refractivity contribution in [2.24, 2.45) is 0 Å². The third kappa shape index (κ3) is 3.64. The molecular formula is C15H23N. The third-order valence-corrected chi connectivity index (χ3v) is 3.56. The second-order valence-electron chi connectivity index (χ2n) is 5.02. The summed E-state index contributed by atoms with van der Waals surface area (Å²) in [5.41, 5.74) is 2.84. The van der Waals surface area contributed by atoms with Gasteiger partial charge in [0.1, 0.15) is 0 Å². The van der Waals surface area contributed by atoms with E-state index in [4.69, 9.17) is 0 Å². The van der Waals surface area contributed by atoms with Crippen LogP contribution in [0, 0.1) is 6.92 Å². The molecule has 0 radical (unpaired) electrons. The van der Waals surface area contributed by atoms with E-state index in [1.165, 1.54) is 56.2 Å². The topological polar surface area (TPSA) is 12.0 Å². The molecule has 0 bridgehead atoms. The molecule has 16 heavy (non-hydrogen) atoms. The van der Waals surface area contributed by atoms with Crippen LogP contribution in [-0.4, -0.2) is 12.6 Å². The minimum absolute atomic E-state index is 0.754. The zero-order valence-corrected chi connectivity index (χ0v) is 10.3. The molecule has 1 atom stereocenters. The van der Waals surface area contributed by atoms with Crippen molar-refractivity contribution in [3.63, 3.8) is 0 Å². The number of aryl methyl sites for hydroxylation is 2. The molecule has 2 rings (SSSR count). The highest BCUT2D eigenvalue weighted by atomic mass is 14.9. The van der Waals surface area contributed by atoms with Gasteiger partial charge in [-0.1, -0.05) is 42.7 Å². The fraction of sp³-hybridized carbons (Fsp3) is 0.600. The van der Waals surface area contributed by atoms with E-state index >= 15 is 0 Å². The molecule has 1 fully saturated rings. The largest absolute Gasteiger partial charge is 0.314 e. The van der Waals surface area contributed by atoms with E-state index in [1.807, 2.05) is 0 Å². The van der Waals surface area contributed by atoms with Gasteiger partial charge in [-0.15, -0.1) is 0 Å². The minimum atomic E-state index is 0.754. The van der Waals surface area contributed by atoms with Gasteiger partial charge in [0.2, 0.25) is 0 Å². The average Bonchev–Trinajstić information content (AvgIpc) is 2.57. The van der Waals surface area contributed by atoms with Crippen molar-refractivity contribution in [1.82, 2.24) is 5.32 Å². The number of rotatable bonds is 3. The molecule has 0 saturated carbocycles. The predicted octanol–water partition coefficient (Wildman–Crippen LogP) is 3.46. The lowest BCUT2D eigenvalue weighted by Gasteiger charge is -2.15. The fourth-order valence-electron chi connectivity index (χ4n) is 2.44. The molecule has 1 aliphatic rings. The highest BCUT2D eigenvalue weighted by Gasteiger charge is 2.10. The van der Waals surface area contributed by atoms with Crippen molar-refractivity contribution >= 4 is 0 Å². The van der Waals surface area contributed by atoms with Crippen LogP contribution in [-0.2, 0) is 6.42 Å². The second kappa shape index (κ2) is 6.05. The Morgan fingerprint density at radius 3 is 2.75 bits per heavy atom. The van der Waals surface area contributed by atoms with Crippen molar-refractivity contribution in [3.05, 3.63) is 35.4 Å². The molecule has 0 aliphatic carbocycles. The van der Waals surface area contributed by atoms with Gasteiger partial charge in [0.15, 0.2) is 0 Å². The molecule has 1 aromatic rings. The lowest BCUT2D eigenvalue weighted by Crippen LogP contribution is -2.28. The van der Waals surface area contributed by atoms with Crippen molar-refractivity contribution in [3.8, 4) is 0 Å². The second-order valence-corrected chi connectivity index (χ2v) is 5.02. The molecule has 1 nitrogen and oxygen atoms in total. The van der Waals surface area contributed by atoms with E-state index in [1.54, 1.807) is 0 Å². The maximum Gasteiger partial charge on any atom is 0.00702 e. The van der Waals surface area contributed by atoms with Crippen LogP contribution in [0.15, 0.2) is 24.3 Å². The first kappa shape index (κ1) is 11.7. The summed E-state index contributed by atoms with van der Waals surface area (Å²) in [5, 5.41) is 3.66. The Labute approximate surface area is 99.3 Å². The Bertz CT molecular complexity index is 294. The first-order valence-corrected chi connectivity index (χ1v) is 6.63. The quantitative estimate of drug-likeness (QED) is 0.817. The Morgan fingerprint density at radius 2 is 1.94 bits per heavy atom. The van der Waals surface area contributed by atoms with Gasteiger partial charge in [0.05, 0.1) is 0 Å². The lowest BCUT2D eigenvalue weighted by molar-refractivity contribution is 0.478. The molecule has 1 N–H and O–H groups in total. The highest BCUT2D eigenvalue weighted by molar-refractivity contribution is 5.21. The summed E-state index contributed by atoms with van der Waals surface area (Å²) in [6.45, 7) is 3.37. The molecule has 1 heterocycles. The maximum atomic E-state index is 3.66.